The number of rotatable bonds is 1. The van der Waals surface area contributed by atoms with Gasteiger partial charge in [-0.3, -0.25) is 4.79 Å². The third-order valence-electron chi connectivity index (χ3n) is 3.03. The molecule has 0 aromatic heterocycles. The Hall–Kier alpha value is -1.06. The van der Waals surface area contributed by atoms with Crippen LogP contribution in [0.15, 0.2) is 17.2 Å². The van der Waals surface area contributed by atoms with E-state index in [1.54, 1.807) is 0 Å². The summed E-state index contributed by atoms with van der Waals surface area (Å²) < 4.78 is 0. The SMILES string of the molecule is CC(C)(C)c1c(Cl)cc(C2=NNC(=O)CC2)cc1Cl. The summed E-state index contributed by atoms with van der Waals surface area (Å²) in [5.74, 6) is -0.0627. The van der Waals surface area contributed by atoms with Crippen molar-refractivity contribution in [2.75, 3.05) is 0 Å². The summed E-state index contributed by atoms with van der Waals surface area (Å²) in [5, 5.41) is 5.32. The molecule has 2 rings (SSSR count). The minimum absolute atomic E-state index is 0.0627. The molecule has 102 valence electrons. The van der Waals surface area contributed by atoms with E-state index in [0.29, 0.717) is 22.9 Å². The second-order valence-electron chi connectivity index (χ2n) is 5.66. The molecule has 0 aliphatic carbocycles. The van der Waals surface area contributed by atoms with Crippen molar-refractivity contribution in [3.8, 4) is 0 Å². The lowest BCUT2D eigenvalue weighted by Gasteiger charge is -2.23. The molecule has 5 heteroatoms. The van der Waals surface area contributed by atoms with Gasteiger partial charge in [0.15, 0.2) is 0 Å². The fourth-order valence-electron chi connectivity index (χ4n) is 2.14. The van der Waals surface area contributed by atoms with Gasteiger partial charge in [0.1, 0.15) is 0 Å². The summed E-state index contributed by atoms with van der Waals surface area (Å²) in [4.78, 5) is 11.1. The minimum atomic E-state index is -0.116. The molecule has 1 N–H and O–H groups in total. The molecule has 3 nitrogen and oxygen atoms in total. The van der Waals surface area contributed by atoms with Crippen LogP contribution in [0.1, 0.15) is 44.7 Å². The molecule has 0 bridgehead atoms. The van der Waals surface area contributed by atoms with E-state index in [4.69, 9.17) is 23.2 Å². The van der Waals surface area contributed by atoms with Gasteiger partial charge in [0.2, 0.25) is 5.91 Å². The number of nitrogens with one attached hydrogen (secondary N) is 1. The molecule has 1 heterocycles. The lowest BCUT2D eigenvalue weighted by atomic mass is 9.86. The molecule has 1 aromatic rings. The first kappa shape index (κ1) is 14.4. The van der Waals surface area contributed by atoms with Crippen molar-refractivity contribution in [3.05, 3.63) is 33.3 Å². The number of benzene rings is 1. The van der Waals surface area contributed by atoms with Gasteiger partial charge >= 0.3 is 0 Å². The van der Waals surface area contributed by atoms with Gasteiger partial charge < -0.3 is 0 Å². The van der Waals surface area contributed by atoms with Gasteiger partial charge in [-0.15, -0.1) is 0 Å². The summed E-state index contributed by atoms with van der Waals surface area (Å²) in [5.41, 5.74) is 4.97. The second kappa shape index (κ2) is 5.14. The largest absolute Gasteiger partial charge is 0.273 e. The van der Waals surface area contributed by atoms with Crippen molar-refractivity contribution in [1.82, 2.24) is 5.43 Å². The van der Waals surface area contributed by atoms with Crippen LogP contribution in [0, 0.1) is 0 Å². The van der Waals surface area contributed by atoms with Crippen LogP contribution in [-0.2, 0) is 10.2 Å². The van der Waals surface area contributed by atoms with Crippen molar-refractivity contribution >= 4 is 34.8 Å². The molecule has 0 atom stereocenters. The van der Waals surface area contributed by atoms with E-state index in [0.717, 1.165) is 16.8 Å². The molecule has 19 heavy (non-hydrogen) atoms. The van der Waals surface area contributed by atoms with E-state index in [9.17, 15) is 4.79 Å². The molecule has 0 fully saturated rings. The van der Waals surface area contributed by atoms with Gasteiger partial charge in [-0.1, -0.05) is 44.0 Å². The van der Waals surface area contributed by atoms with Crippen LogP contribution in [0.2, 0.25) is 10.0 Å². The maximum absolute atomic E-state index is 11.1. The highest BCUT2D eigenvalue weighted by Gasteiger charge is 2.23. The smallest absolute Gasteiger partial charge is 0.240 e. The molecule has 1 aliphatic rings. The average molecular weight is 299 g/mol. The zero-order valence-corrected chi connectivity index (χ0v) is 12.7. The van der Waals surface area contributed by atoms with Crippen LogP contribution < -0.4 is 5.43 Å². The van der Waals surface area contributed by atoms with Crippen molar-refractivity contribution in [1.29, 1.82) is 0 Å². The zero-order valence-electron chi connectivity index (χ0n) is 11.2. The number of hydrogen-bond acceptors (Lipinski definition) is 2. The van der Waals surface area contributed by atoms with Crippen LogP contribution in [-0.4, -0.2) is 11.6 Å². The number of halogens is 2. The third-order valence-corrected chi connectivity index (χ3v) is 3.63. The predicted octanol–water partition coefficient (Wildman–Crippen LogP) is 3.91. The summed E-state index contributed by atoms with van der Waals surface area (Å²) in [6.07, 6.45) is 1.04. The van der Waals surface area contributed by atoms with E-state index in [1.807, 2.05) is 12.1 Å². The van der Waals surface area contributed by atoms with E-state index >= 15 is 0 Å². The highest BCUT2D eigenvalue weighted by atomic mass is 35.5. The predicted molar refractivity (Wildman–Crippen MR) is 79.1 cm³/mol. The number of carbonyl (C=O) groups is 1. The topological polar surface area (TPSA) is 41.5 Å². The fraction of sp³-hybridized carbons (Fsp3) is 0.429. The normalized spacial score (nSPS) is 16.1. The Morgan fingerprint density at radius 2 is 1.74 bits per heavy atom. The molecule has 0 spiro atoms. The van der Waals surface area contributed by atoms with Gasteiger partial charge in [-0.05, 0) is 23.1 Å². The summed E-state index contributed by atoms with van der Waals surface area (Å²) in [7, 11) is 0. The monoisotopic (exact) mass is 298 g/mol. The van der Waals surface area contributed by atoms with Crippen LogP contribution in [0.3, 0.4) is 0 Å². The van der Waals surface area contributed by atoms with Crippen LogP contribution in [0.5, 0.6) is 0 Å². The quantitative estimate of drug-likeness (QED) is 0.839. The Morgan fingerprint density at radius 3 is 2.16 bits per heavy atom. The number of hydrazone groups is 1. The summed E-state index contributed by atoms with van der Waals surface area (Å²) in [6, 6.07) is 3.73. The van der Waals surface area contributed by atoms with E-state index < -0.39 is 0 Å². The Kier molecular flexibility index (Phi) is 3.88. The van der Waals surface area contributed by atoms with Gasteiger partial charge in [0.05, 0.1) is 5.71 Å². The lowest BCUT2D eigenvalue weighted by molar-refractivity contribution is -0.121. The molecular formula is C14H16Cl2N2O. The van der Waals surface area contributed by atoms with Gasteiger partial charge in [-0.2, -0.15) is 5.10 Å². The van der Waals surface area contributed by atoms with E-state index in [1.165, 1.54) is 0 Å². The van der Waals surface area contributed by atoms with E-state index in [-0.39, 0.29) is 11.3 Å². The van der Waals surface area contributed by atoms with Gasteiger partial charge in [-0.25, -0.2) is 5.43 Å². The molecule has 0 saturated heterocycles. The van der Waals surface area contributed by atoms with Crippen molar-refractivity contribution in [2.45, 2.75) is 39.0 Å². The first-order valence-corrected chi connectivity index (χ1v) is 6.90. The Labute approximate surface area is 123 Å². The lowest BCUT2D eigenvalue weighted by Crippen LogP contribution is -2.26. The van der Waals surface area contributed by atoms with Crippen LogP contribution in [0.4, 0.5) is 0 Å². The van der Waals surface area contributed by atoms with Crippen LogP contribution >= 0.6 is 23.2 Å². The molecule has 1 amide bonds. The Balaban J connectivity index is 2.44. The highest BCUT2D eigenvalue weighted by molar-refractivity contribution is 6.37. The maximum atomic E-state index is 11.1. The van der Waals surface area contributed by atoms with Crippen molar-refractivity contribution < 1.29 is 4.79 Å². The third kappa shape index (κ3) is 3.10. The highest BCUT2D eigenvalue weighted by Crippen LogP contribution is 2.36. The number of hydrogen-bond donors (Lipinski definition) is 1. The standard InChI is InChI=1S/C14H16Cl2N2O/c1-14(2,3)13-9(15)6-8(7-10(13)16)11-4-5-12(19)18-17-11/h6-7H,4-5H2,1-3H3,(H,18,19). The first-order valence-electron chi connectivity index (χ1n) is 6.14. The molecule has 1 aromatic carbocycles. The number of nitrogens with zero attached hydrogens (tertiary/aromatic N) is 1. The summed E-state index contributed by atoms with van der Waals surface area (Å²) >= 11 is 12.7. The molecule has 0 unspecified atom stereocenters. The van der Waals surface area contributed by atoms with Crippen molar-refractivity contribution in [2.24, 2.45) is 5.10 Å². The molecular weight excluding hydrogens is 283 g/mol. The van der Waals surface area contributed by atoms with E-state index in [2.05, 4.69) is 31.3 Å². The minimum Gasteiger partial charge on any atom is -0.273 e. The number of amides is 1. The van der Waals surface area contributed by atoms with Crippen LogP contribution in [0.25, 0.3) is 0 Å². The van der Waals surface area contributed by atoms with Gasteiger partial charge in [0.25, 0.3) is 0 Å². The van der Waals surface area contributed by atoms with Crippen molar-refractivity contribution in [3.63, 3.8) is 0 Å². The number of carbonyl (C=O) groups excluding carboxylic acids is 1. The zero-order chi connectivity index (χ0) is 14.2. The average Bonchev–Trinajstić information content (AvgIpc) is 2.26. The van der Waals surface area contributed by atoms with Gasteiger partial charge in [0, 0.05) is 28.5 Å². The molecule has 0 radical (unpaired) electrons. The fourth-order valence-corrected chi connectivity index (χ4v) is 3.19. The molecule has 0 saturated carbocycles. The summed E-state index contributed by atoms with van der Waals surface area (Å²) in [6.45, 7) is 6.20. The molecule has 1 aliphatic heterocycles. The Bertz CT molecular complexity index is 536. The Morgan fingerprint density at radius 1 is 1.16 bits per heavy atom. The first-order chi connectivity index (χ1) is 8.79. The second-order valence-corrected chi connectivity index (χ2v) is 6.47. The maximum Gasteiger partial charge on any atom is 0.240 e.